The molecule has 66 valence electrons. The Kier molecular flexibility index (Phi) is 8.88. The number of thioether (sulfide) groups is 1. The van der Waals surface area contributed by atoms with Crippen LogP contribution in [0.25, 0.3) is 0 Å². The molecule has 0 aliphatic carbocycles. The molecule has 0 heterocycles. The third kappa shape index (κ3) is 8.35. The van der Waals surface area contributed by atoms with Crippen LogP contribution in [-0.4, -0.2) is 9.95 Å². The van der Waals surface area contributed by atoms with Gasteiger partial charge in [-0.2, -0.15) is 0 Å². The highest BCUT2D eigenvalue weighted by atomic mass is 32.2. The minimum absolute atomic E-state index is 1.14. The lowest BCUT2D eigenvalue weighted by molar-refractivity contribution is 0.844. The Hall–Kier alpha value is 0.440. The fourth-order valence-corrected chi connectivity index (χ4v) is 2.07. The normalized spacial score (nSPS) is 10.0. The van der Waals surface area contributed by atoms with E-state index in [4.69, 9.17) is 12.2 Å². The molecule has 0 radical (unpaired) electrons. The highest BCUT2D eigenvalue weighted by Crippen LogP contribution is 2.12. The van der Waals surface area contributed by atoms with Gasteiger partial charge in [0.25, 0.3) is 0 Å². The zero-order chi connectivity index (χ0) is 8.53. The molecule has 0 aliphatic heterocycles. The van der Waals surface area contributed by atoms with Crippen LogP contribution in [0.1, 0.15) is 46.0 Å². The third-order valence-corrected chi connectivity index (χ3v) is 3.07. The summed E-state index contributed by atoms with van der Waals surface area (Å²) in [6.45, 7) is 4.43. The van der Waals surface area contributed by atoms with Crippen LogP contribution in [0.4, 0.5) is 0 Å². The smallest absolute Gasteiger partial charge is 0.0478 e. The Morgan fingerprint density at radius 2 is 1.82 bits per heavy atom. The maximum Gasteiger partial charge on any atom is 0.0478 e. The first-order chi connectivity index (χ1) is 5.31. The van der Waals surface area contributed by atoms with Crippen LogP contribution in [0, 0.1) is 0 Å². The SMILES string of the molecule is CCCCSC(=S)CCCC. The number of hydrogen-bond acceptors (Lipinski definition) is 2. The fourth-order valence-electron chi connectivity index (χ4n) is 0.724. The van der Waals surface area contributed by atoms with Gasteiger partial charge < -0.3 is 0 Å². The molecule has 2 heteroatoms. The van der Waals surface area contributed by atoms with Crippen molar-refractivity contribution >= 4 is 28.2 Å². The number of rotatable bonds is 6. The molecule has 0 saturated carbocycles. The van der Waals surface area contributed by atoms with Crippen LogP contribution in [0.5, 0.6) is 0 Å². The minimum atomic E-state index is 1.14. The fraction of sp³-hybridized carbons (Fsp3) is 0.889. The van der Waals surface area contributed by atoms with Crippen molar-refractivity contribution in [3.05, 3.63) is 0 Å². The van der Waals surface area contributed by atoms with Gasteiger partial charge in [0.1, 0.15) is 0 Å². The van der Waals surface area contributed by atoms with E-state index in [1.54, 1.807) is 0 Å². The Balaban J connectivity index is 3.09. The van der Waals surface area contributed by atoms with Gasteiger partial charge in [-0.3, -0.25) is 0 Å². The molecule has 0 N–H and O–H groups in total. The zero-order valence-corrected chi connectivity index (χ0v) is 9.19. The summed E-state index contributed by atoms with van der Waals surface area (Å²) in [5.74, 6) is 1.22. The molecule has 0 aromatic heterocycles. The molecule has 0 aromatic carbocycles. The Morgan fingerprint density at radius 1 is 1.18 bits per heavy atom. The summed E-state index contributed by atoms with van der Waals surface area (Å²) in [4.78, 5) is 0. The summed E-state index contributed by atoms with van der Waals surface area (Å²) < 4.78 is 1.21. The van der Waals surface area contributed by atoms with Crippen LogP contribution >= 0.6 is 24.0 Å². The van der Waals surface area contributed by atoms with Gasteiger partial charge in [-0.05, 0) is 25.0 Å². The van der Waals surface area contributed by atoms with Crippen molar-refractivity contribution in [2.45, 2.75) is 46.0 Å². The molecule has 0 fully saturated rings. The number of thiocarbonyl (C=S) groups is 1. The van der Waals surface area contributed by atoms with Gasteiger partial charge in [-0.25, -0.2) is 0 Å². The van der Waals surface area contributed by atoms with Gasteiger partial charge in [0.05, 0.1) is 0 Å². The van der Waals surface area contributed by atoms with E-state index in [0.29, 0.717) is 0 Å². The minimum Gasteiger partial charge on any atom is -0.119 e. The largest absolute Gasteiger partial charge is 0.119 e. The lowest BCUT2D eigenvalue weighted by atomic mass is 10.3. The van der Waals surface area contributed by atoms with Crippen LogP contribution in [0.2, 0.25) is 0 Å². The molecule has 0 bridgehead atoms. The Labute approximate surface area is 80.1 Å². The molecule has 0 nitrogen and oxygen atoms in total. The van der Waals surface area contributed by atoms with Gasteiger partial charge in [0, 0.05) is 4.20 Å². The molecule has 0 rings (SSSR count). The summed E-state index contributed by atoms with van der Waals surface area (Å²) >= 11 is 7.07. The van der Waals surface area contributed by atoms with Crippen LogP contribution in [0.15, 0.2) is 0 Å². The second kappa shape index (κ2) is 8.54. The van der Waals surface area contributed by atoms with E-state index < -0.39 is 0 Å². The van der Waals surface area contributed by atoms with E-state index in [9.17, 15) is 0 Å². The zero-order valence-electron chi connectivity index (χ0n) is 7.56. The van der Waals surface area contributed by atoms with Crippen LogP contribution in [0.3, 0.4) is 0 Å². The predicted molar refractivity (Wildman–Crippen MR) is 59.5 cm³/mol. The summed E-state index contributed by atoms with van der Waals surface area (Å²) in [5, 5.41) is 0. The monoisotopic (exact) mass is 190 g/mol. The summed E-state index contributed by atoms with van der Waals surface area (Å²) in [7, 11) is 0. The van der Waals surface area contributed by atoms with Crippen molar-refractivity contribution in [2.24, 2.45) is 0 Å². The van der Waals surface area contributed by atoms with Crippen molar-refractivity contribution in [3.63, 3.8) is 0 Å². The van der Waals surface area contributed by atoms with E-state index in [1.807, 2.05) is 11.8 Å². The second-order valence-corrected chi connectivity index (χ2v) is 4.62. The highest BCUT2D eigenvalue weighted by Gasteiger charge is 1.95. The summed E-state index contributed by atoms with van der Waals surface area (Å²) in [5.41, 5.74) is 0. The molecule has 0 aromatic rings. The van der Waals surface area contributed by atoms with Gasteiger partial charge in [-0.15, -0.1) is 11.8 Å². The van der Waals surface area contributed by atoms with Gasteiger partial charge >= 0.3 is 0 Å². The quantitative estimate of drug-likeness (QED) is 0.458. The first-order valence-corrected chi connectivity index (χ1v) is 5.86. The molecule has 0 atom stereocenters. The lowest BCUT2D eigenvalue weighted by Gasteiger charge is -2.00. The molecule has 0 amide bonds. The first kappa shape index (κ1) is 11.4. The molecule has 0 saturated heterocycles. The highest BCUT2D eigenvalue weighted by molar-refractivity contribution is 8.23. The molecule has 0 unspecified atom stereocenters. The number of unbranched alkanes of at least 4 members (excludes halogenated alkanes) is 2. The molecule has 11 heavy (non-hydrogen) atoms. The summed E-state index contributed by atoms with van der Waals surface area (Å²) in [6.07, 6.45) is 6.24. The van der Waals surface area contributed by atoms with Crippen LogP contribution in [-0.2, 0) is 0 Å². The topological polar surface area (TPSA) is 0 Å². The van der Waals surface area contributed by atoms with Gasteiger partial charge in [0.15, 0.2) is 0 Å². The molecular formula is C9H18S2. The summed E-state index contributed by atoms with van der Waals surface area (Å²) in [6, 6.07) is 0. The maximum atomic E-state index is 5.20. The number of hydrogen-bond donors (Lipinski definition) is 0. The predicted octanol–water partition coefficient (Wildman–Crippen LogP) is 4.04. The van der Waals surface area contributed by atoms with E-state index >= 15 is 0 Å². The first-order valence-electron chi connectivity index (χ1n) is 4.46. The molecule has 0 aliphatic rings. The van der Waals surface area contributed by atoms with Crippen molar-refractivity contribution in [2.75, 3.05) is 5.75 Å². The third-order valence-electron chi connectivity index (χ3n) is 1.50. The van der Waals surface area contributed by atoms with E-state index in [1.165, 1.54) is 35.6 Å². The Morgan fingerprint density at radius 3 is 2.36 bits per heavy atom. The van der Waals surface area contributed by atoms with Crippen molar-refractivity contribution in [1.82, 2.24) is 0 Å². The average molecular weight is 190 g/mol. The lowest BCUT2D eigenvalue weighted by Crippen LogP contribution is -1.89. The maximum absolute atomic E-state index is 5.20. The van der Waals surface area contributed by atoms with Gasteiger partial charge in [0.2, 0.25) is 0 Å². The second-order valence-electron chi connectivity index (χ2n) is 2.68. The molecular weight excluding hydrogens is 172 g/mol. The van der Waals surface area contributed by atoms with Crippen molar-refractivity contribution in [1.29, 1.82) is 0 Å². The standard InChI is InChI=1S/C9H18S2/c1-3-5-7-9(10)11-8-6-4-2/h3-8H2,1-2H3. The van der Waals surface area contributed by atoms with E-state index in [-0.39, 0.29) is 0 Å². The van der Waals surface area contributed by atoms with Gasteiger partial charge in [-0.1, -0.05) is 38.9 Å². The van der Waals surface area contributed by atoms with E-state index in [2.05, 4.69) is 13.8 Å². The van der Waals surface area contributed by atoms with E-state index in [0.717, 1.165) is 6.42 Å². The van der Waals surface area contributed by atoms with Crippen LogP contribution < -0.4 is 0 Å². The van der Waals surface area contributed by atoms with Crippen molar-refractivity contribution < 1.29 is 0 Å². The van der Waals surface area contributed by atoms with Crippen molar-refractivity contribution in [3.8, 4) is 0 Å². The molecule has 0 spiro atoms. The average Bonchev–Trinajstić information content (AvgIpc) is 2.01. The Bertz CT molecular complexity index is 99.7.